The Bertz CT molecular complexity index is 1190. The lowest BCUT2D eigenvalue weighted by molar-refractivity contribution is -0.151. The lowest BCUT2D eigenvalue weighted by Crippen LogP contribution is -2.44. The summed E-state index contributed by atoms with van der Waals surface area (Å²) < 4.78 is 5.20. The van der Waals surface area contributed by atoms with Crippen molar-refractivity contribution < 1.29 is 19.1 Å². The predicted octanol–water partition coefficient (Wildman–Crippen LogP) is 4.98. The maximum absolute atomic E-state index is 13.8. The van der Waals surface area contributed by atoms with Crippen LogP contribution in [-0.4, -0.2) is 70.4 Å². The van der Waals surface area contributed by atoms with E-state index >= 15 is 0 Å². The molecule has 0 spiro atoms. The second-order valence-corrected chi connectivity index (χ2v) is 10.7. The number of amidine groups is 1. The van der Waals surface area contributed by atoms with Crippen molar-refractivity contribution in [3.63, 3.8) is 0 Å². The van der Waals surface area contributed by atoms with Crippen LogP contribution in [0.1, 0.15) is 58.6 Å². The molecule has 3 aliphatic rings. The first kappa shape index (κ1) is 28.2. The SMILES string of the molecule is CCOC(=O)[C@H]1CCCN(C(=O)CC2=CSC3=NC(C)=C(C(=O)N(CC)CC)[C@@H](c4ccccc4Cl)N23)C1. The second kappa shape index (κ2) is 12.4. The zero-order valence-corrected chi connectivity index (χ0v) is 24.0. The molecule has 2 atom stereocenters. The number of thioether (sulfide) groups is 1. The number of likely N-dealkylation sites (N-methyl/N-ethyl adjacent to an activating group) is 1. The number of hydrogen-bond acceptors (Lipinski definition) is 7. The number of nitrogens with zero attached hydrogens (tertiary/aromatic N) is 4. The molecule has 0 unspecified atom stereocenters. The third-order valence-electron chi connectivity index (χ3n) is 7.21. The smallest absolute Gasteiger partial charge is 0.310 e. The predicted molar refractivity (Wildman–Crippen MR) is 150 cm³/mol. The summed E-state index contributed by atoms with van der Waals surface area (Å²) in [6.45, 7) is 10.00. The average molecular weight is 559 g/mol. The molecule has 8 nitrogen and oxygen atoms in total. The lowest BCUT2D eigenvalue weighted by atomic mass is 9.92. The number of fused-ring (bicyclic) bond motifs is 1. The largest absolute Gasteiger partial charge is 0.466 e. The van der Waals surface area contributed by atoms with Crippen molar-refractivity contribution in [2.24, 2.45) is 10.9 Å². The zero-order valence-electron chi connectivity index (χ0n) is 22.4. The Morgan fingerprint density at radius 1 is 1.18 bits per heavy atom. The third-order valence-corrected chi connectivity index (χ3v) is 8.44. The molecule has 1 fully saturated rings. The molecule has 0 aromatic heterocycles. The molecule has 1 aromatic rings. The number of piperidine rings is 1. The number of allylic oxidation sites excluding steroid dienone is 1. The number of rotatable bonds is 8. The van der Waals surface area contributed by atoms with Crippen molar-refractivity contribution in [1.82, 2.24) is 14.7 Å². The van der Waals surface area contributed by atoms with Gasteiger partial charge in [0.15, 0.2) is 5.17 Å². The number of likely N-dealkylation sites (tertiary alicyclic amines) is 1. The lowest BCUT2D eigenvalue weighted by Gasteiger charge is -2.39. The molecule has 0 saturated carbocycles. The monoisotopic (exact) mass is 558 g/mol. The number of carbonyl (C=O) groups excluding carboxylic acids is 3. The fourth-order valence-corrected chi connectivity index (χ4v) is 6.44. The van der Waals surface area contributed by atoms with Crippen molar-refractivity contribution in [2.45, 2.75) is 53.0 Å². The van der Waals surface area contributed by atoms with Crippen LogP contribution in [0.2, 0.25) is 5.02 Å². The van der Waals surface area contributed by atoms with Gasteiger partial charge in [-0.15, -0.1) is 0 Å². The number of aliphatic imine (C=N–C) groups is 1. The van der Waals surface area contributed by atoms with Crippen molar-refractivity contribution in [3.05, 3.63) is 57.2 Å². The van der Waals surface area contributed by atoms with E-state index in [1.807, 2.05) is 55.3 Å². The van der Waals surface area contributed by atoms with Crippen LogP contribution < -0.4 is 0 Å². The van der Waals surface area contributed by atoms with E-state index in [4.69, 9.17) is 21.3 Å². The summed E-state index contributed by atoms with van der Waals surface area (Å²) in [6, 6.07) is 7.00. The maximum atomic E-state index is 13.8. The summed E-state index contributed by atoms with van der Waals surface area (Å²) in [6.07, 6.45) is 1.61. The Balaban J connectivity index is 1.64. The normalized spacial score (nSPS) is 21.1. The third kappa shape index (κ3) is 5.64. The molecule has 2 amide bonds. The Kier molecular flexibility index (Phi) is 9.20. The first-order valence-corrected chi connectivity index (χ1v) is 14.5. The van der Waals surface area contributed by atoms with E-state index in [2.05, 4.69) is 0 Å². The van der Waals surface area contributed by atoms with Crippen molar-refractivity contribution in [1.29, 1.82) is 0 Å². The van der Waals surface area contributed by atoms with Gasteiger partial charge in [0.25, 0.3) is 5.91 Å². The summed E-state index contributed by atoms with van der Waals surface area (Å²) in [5.41, 5.74) is 2.77. The molecule has 38 heavy (non-hydrogen) atoms. The molecule has 0 N–H and O–H groups in total. The van der Waals surface area contributed by atoms with Crippen LogP contribution in [0.4, 0.5) is 0 Å². The summed E-state index contributed by atoms with van der Waals surface area (Å²) in [4.78, 5) is 49.9. The Labute approximate surface area is 233 Å². The molecule has 1 saturated heterocycles. The first-order chi connectivity index (χ1) is 18.3. The average Bonchev–Trinajstić information content (AvgIpc) is 3.30. The van der Waals surface area contributed by atoms with Crippen molar-refractivity contribution >= 4 is 46.3 Å². The van der Waals surface area contributed by atoms with E-state index in [-0.39, 0.29) is 30.1 Å². The van der Waals surface area contributed by atoms with E-state index < -0.39 is 6.04 Å². The van der Waals surface area contributed by atoms with E-state index in [0.717, 1.165) is 29.3 Å². The van der Waals surface area contributed by atoms with Crippen LogP contribution >= 0.6 is 23.4 Å². The van der Waals surface area contributed by atoms with Crippen LogP contribution in [0.3, 0.4) is 0 Å². The van der Waals surface area contributed by atoms with Crippen molar-refractivity contribution in [3.8, 4) is 0 Å². The van der Waals surface area contributed by atoms with Gasteiger partial charge < -0.3 is 19.4 Å². The van der Waals surface area contributed by atoms with Gasteiger partial charge in [0.2, 0.25) is 5.91 Å². The standard InChI is InChI=1S/C28H35ClN4O4S/c1-5-31(6-2)26(35)24-18(4)30-28-33(25(24)21-12-8-9-13-22(21)29)20(17-38-28)15-23(34)32-14-10-11-19(16-32)27(36)37-7-3/h8-9,12-13,17,19,25H,5-7,10-11,14-16H2,1-4H3/t19-,25+/m0/s1. The number of benzene rings is 1. The van der Waals surface area contributed by atoms with E-state index in [9.17, 15) is 14.4 Å². The van der Waals surface area contributed by atoms with Gasteiger partial charge in [-0.3, -0.25) is 14.4 Å². The zero-order chi connectivity index (χ0) is 27.4. The summed E-state index contributed by atoms with van der Waals surface area (Å²) in [5, 5.41) is 3.20. The number of carbonyl (C=O) groups is 3. The van der Waals surface area contributed by atoms with Gasteiger partial charge in [0.05, 0.1) is 36.3 Å². The highest BCUT2D eigenvalue weighted by Crippen LogP contribution is 2.46. The molecule has 3 heterocycles. The minimum Gasteiger partial charge on any atom is -0.466 e. The van der Waals surface area contributed by atoms with Gasteiger partial charge in [0, 0.05) is 36.9 Å². The second-order valence-electron chi connectivity index (χ2n) is 9.50. The van der Waals surface area contributed by atoms with Crippen LogP contribution in [-0.2, 0) is 19.1 Å². The highest BCUT2D eigenvalue weighted by molar-refractivity contribution is 8.16. The highest BCUT2D eigenvalue weighted by atomic mass is 35.5. The van der Waals surface area contributed by atoms with E-state index in [1.54, 1.807) is 16.7 Å². The number of ether oxygens (including phenoxy) is 1. The molecule has 3 aliphatic heterocycles. The molecule has 0 bridgehead atoms. The topological polar surface area (TPSA) is 82.5 Å². The minimum absolute atomic E-state index is 0.0621. The van der Waals surface area contributed by atoms with E-state index in [1.165, 1.54) is 11.8 Å². The summed E-state index contributed by atoms with van der Waals surface area (Å²) in [7, 11) is 0. The first-order valence-electron chi connectivity index (χ1n) is 13.2. The van der Waals surface area contributed by atoms with Crippen molar-refractivity contribution in [2.75, 3.05) is 32.8 Å². The fraction of sp³-hybridized carbons (Fsp3) is 0.500. The molecule has 10 heteroatoms. The van der Waals surface area contributed by atoms with Crippen LogP contribution in [0.5, 0.6) is 0 Å². The van der Waals surface area contributed by atoms with Crippen LogP contribution in [0.25, 0.3) is 0 Å². The van der Waals surface area contributed by atoms with Gasteiger partial charge in [-0.2, -0.15) is 0 Å². The van der Waals surface area contributed by atoms with E-state index in [0.29, 0.717) is 49.1 Å². The number of halogens is 1. The number of hydrogen-bond donors (Lipinski definition) is 0. The molecule has 204 valence electrons. The van der Waals surface area contributed by atoms with Gasteiger partial charge in [-0.1, -0.05) is 41.6 Å². The molecule has 1 aromatic carbocycles. The summed E-state index contributed by atoms with van der Waals surface area (Å²) >= 11 is 8.14. The summed E-state index contributed by atoms with van der Waals surface area (Å²) in [5.74, 6) is -0.694. The van der Waals surface area contributed by atoms with Gasteiger partial charge in [0.1, 0.15) is 0 Å². The fourth-order valence-electron chi connectivity index (χ4n) is 5.24. The maximum Gasteiger partial charge on any atom is 0.310 e. The van der Waals surface area contributed by atoms with Gasteiger partial charge in [-0.25, -0.2) is 4.99 Å². The molecule has 0 radical (unpaired) electrons. The minimum atomic E-state index is -0.507. The molecule has 4 rings (SSSR count). The Morgan fingerprint density at radius 2 is 1.92 bits per heavy atom. The van der Waals surface area contributed by atoms with Gasteiger partial charge in [-0.05, 0) is 57.6 Å². The number of esters is 1. The quantitative estimate of drug-likeness (QED) is 0.419. The molecule has 0 aliphatic carbocycles. The molecular formula is C28H35ClN4O4S. The Morgan fingerprint density at radius 3 is 2.61 bits per heavy atom. The highest BCUT2D eigenvalue weighted by Gasteiger charge is 2.42. The molecular weight excluding hydrogens is 524 g/mol. The van der Waals surface area contributed by atoms with Gasteiger partial charge >= 0.3 is 5.97 Å². The number of amides is 2. The van der Waals surface area contributed by atoms with Crippen LogP contribution in [0.15, 0.2) is 51.6 Å². The van der Waals surface area contributed by atoms with Crippen LogP contribution in [0, 0.1) is 5.92 Å². The Hall–Kier alpha value is -2.78.